The Morgan fingerprint density at radius 3 is 1.66 bits per heavy atom. The van der Waals surface area contributed by atoms with Crippen LogP contribution in [0, 0.1) is 13.8 Å². The number of thioether (sulfide) groups is 1. The summed E-state index contributed by atoms with van der Waals surface area (Å²) in [6.45, 7) is 4.29. The largest absolute Gasteiger partial charge is 1.00 e. The Morgan fingerprint density at radius 1 is 0.724 bits per heavy atom. The summed E-state index contributed by atoms with van der Waals surface area (Å²) in [5.74, 6) is 0. The van der Waals surface area contributed by atoms with Crippen LogP contribution in [0.4, 0.5) is 0 Å². The number of aromatic nitrogens is 2. The van der Waals surface area contributed by atoms with E-state index in [9.17, 15) is 0 Å². The van der Waals surface area contributed by atoms with Crippen molar-refractivity contribution in [3.05, 3.63) is 96.2 Å². The first-order valence-electron chi connectivity index (χ1n) is 9.35. The van der Waals surface area contributed by atoms with Gasteiger partial charge in [-0.25, -0.2) is 0 Å². The minimum Gasteiger partial charge on any atom is -1.00 e. The van der Waals surface area contributed by atoms with E-state index in [1.807, 2.05) is 0 Å². The smallest absolute Gasteiger partial charge is 0.219 e. The fraction of sp³-hybridized carbons (Fsp3) is 0.125. The number of benzene rings is 3. The second kappa shape index (κ2) is 9.30. The molecule has 29 heavy (non-hydrogen) atoms. The minimum atomic E-state index is -2.11. The topological polar surface area (TPSA) is 28.7 Å². The summed E-state index contributed by atoms with van der Waals surface area (Å²) in [4.78, 5) is 8.61. The molecule has 0 aliphatic rings. The quantitative estimate of drug-likeness (QED) is 0.343. The van der Waals surface area contributed by atoms with E-state index < -0.39 is 7.26 Å². The van der Waals surface area contributed by atoms with E-state index in [0.717, 1.165) is 16.3 Å². The normalized spacial score (nSPS) is 11.1. The zero-order valence-electron chi connectivity index (χ0n) is 16.8. The molecule has 1 heterocycles. The fourth-order valence-corrected chi connectivity index (χ4v) is 8.51. The highest BCUT2D eigenvalue weighted by Crippen LogP contribution is 2.54. The van der Waals surface area contributed by atoms with Gasteiger partial charge in [-0.05, 0) is 56.5 Å². The number of rotatable bonds is 5. The zero-order chi connectivity index (χ0) is 19.6. The third kappa shape index (κ3) is 3.94. The lowest BCUT2D eigenvalue weighted by molar-refractivity contribution is -0.00000570. The molecule has 0 bridgehead atoms. The number of nitrogens with zero attached hydrogens (tertiary/aromatic N) is 1. The average molecular weight is 483 g/mol. The summed E-state index contributed by atoms with van der Waals surface area (Å²) in [5.41, 5.74) is 3.58. The highest BCUT2D eigenvalue weighted by Gasteiger charge is 2.51. The van der Waals surface area contributed by atoms with Crippen LogP contribution in [-0.4, -0.2) is 16.2 Å². The van der Waals surface area contributed by atoms with Crippen LogP contribution in [0.15, 0.2) is 90.1 Å². The van der Waals surface area contributed by atoms with Gasteiger partial charge < -0.3 is 22.0 Å². The Kier molecular flexibility index (Phi) is 7.00. The molecule has 0 unspecified atom stereocenters. The van der Waals surface area contributed by atoms with Crippen molar-refractivity contribution < 1.29 is 17.0 Å². The van der Waals surface area contributed by atoms with Crippen molar-refractivity contribution in [3.8, 4) is 0 Å². The maximum absolute atomic E-state index is 5.11. The molecular formula is C24H24BrN2PS. The lowest BCUT2D eigenvalue weighted by Crippen LogP contribution is -3.00. The second-order valence-electron chi connectivity index (χ2n) is 6.87. The van der Waals surface area contributed by atoms with E-state index >= 15 is 0 Å². The summed E-state index contributed by atoms with van der Waals surface area (Å²) in [7, 11) is -2.11. The monoisotopic (exact) mass is 482 g/mol. The molecule has 1 aromatic heterocycles. The Balaban J connectivity index is 0.00000240. The third-order valence-electron chi connectivity index (χ3n) is 5.06. The van der Waals surface area contributed by atoms with E-state index in [1.165, 1.54) is 21.5 Å². The van der Waals surface area contributed by atoms with Gasteiger partial charge in [-0.15, -0.1) is 0 Å². The molecule has 2 nitrogen and oxygen atoms in total. The number of halogens is 1. The first-order chi connectivity index (χ1) is 13.7. The molecule has 5 heteroatoms. The average Bonchev–Trinajstić information content (AvgIpc) is 3.13. The van der Waals surface area contributed by atoms with Crippen molar-refractivity contribution in [1.82, 2.24) is 9.97 Å². The predicted octanol–water partition coefficient (Wildman–Crippen LogP) is 1.37. The molecule has 148 valence electrons. The molecule has 1 N–H and O–H groups in total. The number of H-pyrrole nitrogens is 1. The molecule has 4 aromatic rings. The summed E-state index contributed by atoms with van der Waals surface area (Å²) in [6, 6.07) is 30.8. The van der Waals surface area contributed by atoms with Gasteiger partial charge in [0.05, 0.1) is 5.69 Å². The maximum atomic E-state index is 5.11. The number of nitrogens with one attached hydrogen (secondary N) is 1. The third-order valence-corrected chi connectivity index (χ3v) is 9.93. The summed E-state index contributed by atoms with van der Waals surface area (Å²) in [5, 5.41) is 4.95. The van der Waals surface area contributed by atoms with Crippen LogP contribution in [0.5, 0.6) is 0 Å². The molecule has 0 aliphatic carbocycles. The van der Waals surface area contributed by atoms with Crippen LogP contribution >= 0.6 is 19.0 Å². The van der Waals surface area contributed by atoms with Gasteiger partial charge in [0.15, 0.2) is 12.4 Å². The van der Waals surface area contributed by atoms with Gasteiger partial charge in [0.25, 0.3) is 0 Å². The van der Waals surface area contributed by atoms with Crippen LogP contribution in [0.25, 0.3) is 0 Å². The summed E-state index contributed by atoms with van der Waals surface area (Å²) < 4.78 is 0. The molecule has 0 fully saturated rings. The lowest BCUT2D eigenvalue weighted by Gasteiger charge is -2.26. The summed E-state index contributed by atoms with van der Waals surface area (Å²) >= 11 is 1.66. The van der Waals surface area contributed by atoms with Crippen molar-refractivity contribution in [3.63, 3.8) is 0 Å². The molecule has 0 spiro atoms. The Bertz CT molecular complexity index is 1020. The van der Waals surface area contributed by atoms with Gasteiger partial charge >= 0.3 is 0 Å². The molecule has 0 radical (unpaired) electrons. The number of imidazole rings is 1. The van der Waals surface area contributed by atoms with Gasteiger partial charge in [0, 0.05) is 0 Å². The van der Waals surface area contributed by atoms with E-state index in [4.69, 9.17) is 4.98 Å². The second-order valence-corrected chi connectivity index (χ2v) is 11.0. The molecule has 4 rings (SSSR count). The van der Waals surface area contributed by atoms with Gasteiger partial charge in [-0.3, -0.25) is 0 Å². The van der Waals surface area contributed by atoms with Gasteiger partial charge in [-0.1, -0.05) is 65.9 Å². The number of aromatic amines is 1. The molecule has 0 saturated carbocycles. The molecule has 0 saturated heterocycles. The van der Waals surface area contributed by atoms with Crippen LogP contribution in [0.1, 0.15) is 11.3 Å². The first-order valence-corrected chi connectivity index (χ1v) is 12.4. The molecule has 0 amide bonds. The van der Waals surface area contributed by atoms with Crippen LogP contribution < -0.4 is 38.3 Å². The van der Waals surface area contributed by atoms with Crippen molar-refractivity contribution in [1.29, 1.82) is 0 Å². The highest BCUT2D eigenvalue weighted by molar-refractivity contribution is 8.01. The maximum Gasteiger partial charge on any atom is 0.219 e. The molecular weight excluding hydrogens is 459 g/mol. The standard InChI is InChI=1S/C24H24N2PS.BrH/c1-18-14-16-22(17-15-18)27(20-10-6-4-7-11-20,21-12-8-5-9-13-21)23-19(2)25-24(26-23)28-3;/h4-17H,1-3H3,(H,25,26);1H/q+1;/p-1. The Hall–Kier alpha value is -1.87. The molecule has 3 aromatic carbocycles. The number of aryl methyl sites for hydroxylation is 2. The van der Waals surface area contributed by atoms with E-state index in [0.29, 0.717) is 0 Å². The molecule has 0 aliphatic heterocycles. The first kappa shape index (κ1) is 21.8. The fourth-order valence-electron chi connectivity index (χ4n) is 3.73. The molecule has 0 atom stereocenters. The van der Waals surface area contributed by atoms with Crippen molar-refractivity contribution in [2.45, 2.75) is 19.0 Å². The SMILES string of the molecule is CSc1nc([P+](c2ccccc2)(c2ccccc2)c2ccc(C)cc2)c(C)[nH]1.[Br-]. The van der Waals surface area contributed by atoms with Crippen molar-refractivity contribution >= 4 is 40.4 Å². The van der Waals surface area contributed by atoms with Crippen LogP contribution in [-0.2, 0) is 0 Å². The number of hydrogen-bond acceptors (Lipinski definition) is 2. The Morgan fingerprint density at radius 2 is 1.21 bits per heavy atom. The zero-order valence-corrected chi connectivity index (χ0v) is 20.1. The summed E-state index contributed by atoms with van der Waals surface area (Å²) in [6.07, 6.45) is 2.07. The Labute approximate surface area is 188 Å². The minimum absolute atomic E-state index is 0. The van der Waals surface area contributed by atoms with E-state index in [2.05, 4.69) is 110 Å². The van der Waals surface area contributed by atoms with Crippen LogP contribution in [0.2, 0.25) is 0 Å². The van der Waals surface area contributed by atoms with Gasteiger partial charge in [0.1, 0.15) is 15.9 Å². The van der Waals surface area contributed by atoms with Crippen LogP contribution in [0.3, 0.4) is 0 Å². The van der Waals surface area contributed by atoms with E-state index in [1.54, 1.807) is 11.8 Å². The van der Waals surface area contributed by atoms with Gasteiger partial charge in [-0.2, -0.15) is 4.98 Å². The van der Waals surface area contributed by atoms with Crippen molar-refractivity contribution in [2.24, 2.45) is 0 Å². The number of hydrogen-bond donors (Lipinski definition) is 1. The van der Waals surface area contributed by atoms with Crippen molar-refractivity contribution in [2.75, 3.05) is 6.26 Å². The van der Waals surface area contributed by atoms with E-state index in [-0.39, 0.29) is 17.0 Å². The highest BCUT2D eigenvalue weighted by atomic mass is 79.9. The lowest BCUT2D eigenvalue weighted by atomic mass is 10.2. The predicted molar refractivity (Wildman–Crippen MR) is 125 cm³/mol. The van der Waals surface area contributed by atoms with Gasteiger partial charge in [0.2, 0.25) is 5.44 Å².